The van der Waals surface area contributed by atoms with Gasteiger partial charge < -0.3 is 24.8 Å². The van der Waals surface area contributed by atoms with Crippen LogP contribution in [0.5, 0.6) is 5.88 Å². The number of anilines is 1. The minimum Gasteiger partial charge on any atom is -0.478 e. The number of hydrogen-bond acceptors (Lipinski definition) is 9. The number of hydrogen-bond donors (Lipinski definition) is 3. The van der Waals surface area contributed by atoms with Crippen LogP contribution < -0.4 is 14.8 Å². The molecular weight excluding hydrogens is 614 g/mol. The molecular formula is C36H41N5O5S. The van der Waals surface area contributed by atoms with Gasteiger partial charge in [-0.2, -0.15) is 4.98 Å². The maximum atomic E-state index is 13.0. The zero-order chi connectivity index (χ0) is 33.6. The van der Waals surface area contributed by atoms with Crippen LogP contribution in [0, 0.1) is 13.8 Å². The monoisotopic (exact) mass is 655 g/mol. The summed E-state index contributed by atoms with van der Waals surface area (Å²) < 4.78 is 15.6. The van der Waals surface area contributed by atoms with Crippen LogP contribution in [0.25, 0.3) is 11.3 Å². The molecule has 5 rings (SSSR count). The van der Waals surface area contributed by atoms with Gasteiger partial charge in [-0.25, -0.2) is 14.6 Å². The second kappa shape index (κ2) is 14.9. The molecule has 3 N–H and O–H groups in total. The highest BCUT2D eigenvalue weighted by Gasteiger charge is 2.33. The molecule has 2 unspecified atom stereocenters. The summed E-state index contributed by atoms with van der Waals surface area (Å²) in [5.74, 6) is -0.309. The Bertz CT molecular complexity index is 1690. The van der Waals surface area contributed by atoms with Crippen molar-refractivity contribution in [2.45, 2.75) is 63.7 Å². The van der Waals surface area contributed by atoms with E-state index in [2.05, 4.69) is 22.2 Å². The highest BCUT2D eigenvalue weighted by Crippen LogP contribution is 2.31. The van der Waals surface area contributed by atoms with Gasteiger partial charge in [0.1, 0.15) is 11.7 Å². The fourth-order valence-corrected chi connectivity index (χ4v) is 6.09. The number of benzene rings is 3. The molecule has 0 aliphatic carbocycles. The van der Waals surface area contributed by atoms with Crippen molar-refractivity contribution >= 4 is 30.0 Å². The second-order valence-corrected chi connectivity index (χ2v) is 13.4. The molecule has 1 aliphatic heterocycles. The van der Waals surface area contributed by atoms with E-state index in [1.165, 1.54) is 11.9 Å². The number of aromatic nitrogens is 2. The number of piperazine rings is 1. The lowest BCUT2D eigenvalue weighted by Gasteiger charge is -2.38. The SMILES string of the molecule is Cc1cccc(C)c1-c1cc(OC(Cc2ccccc2)C2CN(C(=O)OC(C)(C)C)CCN2)nc(NSc2cccc(C(=O)O)c2)n1. The van der Waals surface area contributed by atoms with Crippen LogP contribution >= 0.6 is 11.9 Å². The third kappa shape index (κ3) is 9.24. The van der Waals surface area contributed by atoms with Gasteiger partial charge in [-0.1, -0.05) is 54.6 Å². The summed E-state index contributed by atoms with van der Waals surface area (Å²) >= 11 is 1.22. The lowest BCUT2D eigenvalue weighted by Crippen LogP contribution is -2.59. The zero-order valence-corrected chi connectivity index (χ0v) is 28.1. The lowest BCUT2D eigenvalue weighted by atomic mass is 9.99. The number of ether oxygens (including phenoxy) is 2. The average molecular weight is 656 g/mol. The summed E-state index contributed by atoms with van der Waals surface area (Å²) in [6.07, 6.45) is -0.170. The number of aromatic carboxylic acids is 1. The number of carbonyl (C=O) groups is 2. The number of carboxylic acid groups (broad SMARTS) is 1. The molecule has 0 radical (unpaired) electrons. The number of nitrogens with zero attached hydrogens (tertiary/aromatic N) is 3. The van der Waals surface area contributed by atoms with Crippen molar-refractivity contribution in [1.82, 2.24) is 20.2 Å². The van der Waals surface area contributed by atoms with Crippen LogP contribution in [0.4, 0.5) is 10.7 Å². The van der Waals surface area contributed by atoms with Crippen LogP contribution in [0.2, 0.25) is 0 Å². The molecule has 4 aromatic rings. The van der Waals surface area contributed by atoms with Gasteiger partial charge in [0.25, 0.3) is 0 Å². The van der Waals surface area contributed by atoms with Gasteiger partial charge in [0, 0.05) is 42.6 Å². The van der Waals surface area contributed by atoms with E-state index in [-0.39, 0.29) is 17.7 Å². The first-order chi connectivity index (χ1) is 22.4. The van der Waals surface area contributed by atoms with E-state index >= 15 is 0 Å². The first-order valence-corrected chi connectivity index (χ1v) is 16.4. The molecule has 0 saturated carbocycles. The number of carboxylic acids is 1. The first kappa shape index (κ1) is 33.7. The maximum absolute atomic E-state index is 13.0. The Morgan fingerprint density at radius 3 is 2.45 bits per heavy atom. The molecule has 246 valence electrons. The molecule has 47 heavy (non-hydrogen) atoms. The van der Waals surface area contributed by atoms with E-state index < -0.39 is 17.7 Å². The van der Waals surface area contributed by atoms with Crippen LogP contribution in [0.1, 0.15) is 47.8 Å². The van der Waals surface area contributed by atoms with E-state index in [0.717, 1.165) is 22.3 Å². The number of rotatable bonds is 10. The van der Waals surface area contributed by atoms with Crippen LogP contribution in [-0.4, -0.2) is 69.4 Å². The van der Waals surface area contributed by atoms with Crippen molar-refractivity contribution in [1.29, 1.82) is 0 Å². The molecule has 0 bridgehead atoms. The zero-order valence-electron chi connectivity index (χ0n) is 27.3. The fraction of sp³-hybridized carbons (Fsp3) is 0.333. The smallest absolute Gasteiger partial charge is 0.410 e. The molecule has 10 nitrogen and oxygen atoms in total. The predicted molar refractivity (Wildman–Crippen MR) is 184 cm³/mol. The Labute approximate surface area is 280 Å². The van der Waals surface area contributed by atoms with Gasteiger partial charge in [-0.3, -0.25) is 4.72 Å². The van der Waals surface area contributed by atoms with Crippen molar-refractivity contribution in [3.05, 3.63) is 101 Å². The standard InChI is InChI=1S/C36H41N5O5S/c1-23-11-9-12-24(2)32(23)28-21-31(39-34(38-28)40-47-27-16-10-15-26(20-27)33(42)43)45-30(19-25-13-7-6-8-14-25)29-22-41(18-17-37-29)35(44)46-36(3,4)5/h6-16,20-21,29-30,37H,17-19,22H2,1-5H3,(H,42,43)(H,38,39,40). The second-order valence-electron chi connectivity index (χ2n) is 12.6. The lowest BCUT2D eigenvalue weighted by molar-refractivity contribution is 0.0129. The van der Waals surface area contributed by atoms with E-state index in [9.17, 15) is 14.7 Å². The van der Waals surface area contributed by atoms with Gasteiger partial charge in [-0.05, 0) is 81.5 Å². The highest BCUT2D eigenvalue weighted by molar-refractivity contribution is 8.00. The van der Waals surface area contributed by atoms with Crippen LogP contribution in [-0.2, 0) is 11.2 Å². The summed E-state index contributed by atoms with van der Waals surface area (Å²) in [7, 11) is 0. The van der Waals surface area contributed by atoms with Gasteiger partial charge in [0.05, 0.1) is 17.3 Å². The van der Waals surface area contributed by atoms with Gasteiger partial charge in [0.15, 0.2) is 0 Å². The molecule has 3 aromatic carbocycles. The van der Waals surface area contributed by atoms with E-state index in [1.807, 2.05) is 83.1 Å². The first-order valence-electron chi connectivity index (χ1n) is 15.6. The molecule has 2 heterocycles. The number of amides is 1. The summed E-state index contributed by atoms with van der Waals surface area (Å²) in [5.41, 5.74) is 4.47. The van der Waals surface area contributed by atoms with Crippen molar-refractivity contribution < 1.29 is 24.2 Å². The Kier molecular flexibility index (Phi) is 10.7. The number of carbonyl (C=O) groups excluding carboxylic acids is 1. The van der Waals surface area contributed by atoms with E-state index in [4.69, 9.17) is 19.4 Å². The molecule has 1 aromatic heterocycles. The van der Waals surface area contributed by atoms with Crippen molar-refractivity contribution in [2.24, 2.45) is 0 Å². The quantitative estimate of drug-likeness (QED) is 0.158. The number of nitrogens with one attached hydrogen (secondary N) is 2. The third-order valence-electron chi connectivity index (χ3n) is 7.64. The molecule has 1 saturated heterocycles. The Hall–Kier alpha value is -4.61. The summed E-state index contributed by atoms with van der Waals surface area (Å²) in [5, 5.41) is 13.0. The minimum absolute atomic E-state index is 0.190. The summed E-state index contributed by atoms with van der Waals surface area (Å²) in [4.78, 5) is 36.6. The van der Waals surface area contributed by atoms with Crippen molar-refractivity contribution in [3.8, 4) is 17.1 Å². The Balaban J connectivity index is 1.48. The maximum Gasteiger partial charge on any atom is 0.410 e. The van der Waals surface area contributed by atoms with Crippen molar-refractivity contribution in [3.63, 3.8) is 0 Å². The molecule has 0 spiro atoms. The highest BCUT2D eigenvalue weighted by atomic mass is 32.2. The predicted octanol–water partition coefficient (Wildman–Crippen LogP) is 6.78. The molecule has 1 fully saturated rings. The summed E-state index contributed by atoms with van der Waals surface area (Å²) in [6, 6.07) is 24.5. The van der Waals surface area contributed by atoms with Gasteiger partial charge >= 0.3 is 12.1 Å². The van der Waals surface area contributed by atoms with E-state index in [0.29, 0.717) is 48.5 Å². The molecule has 11 heteroatoms. The topological polar surface area (TPSA) is 126 Å². The molecule has 1 amide bonds. The number of aryl methyl sites for hydroxylation is 2. The third-order valence-corrected chi connectivity index (χ3v) is 8.41. The van der Waals surface area contributed by atoms with Gasteiger partial charge in [0.2, 0.25) is 11.8 Å². The largest absolute Gasteiger partial charge is 0.478 e. The van der Waals surface area contributed by atoms with Crippen molar-refractivity contribution in [2.75, 3.05) is 24.4 Å². The van der Waals surface area contributed by atoms with Gasteiger partial charge in [-0.15, -0.1) is 0 Å². The van der Waals surface area contributed by atoms with Crippen LogP contribution in [0.3, 0.4) is 0 Å². The summed E-state index contributed by atoms with van der Waals surface area (Å²) in [6.45, 7) is 11.2. The normalized spacial score (nSPS) is 15.5. The Morgan fingerprint density at radius 1 is 1.02 bits per heavy atom. The van der Waals surface area contributed by atoms with E-state index in [1.54, 1.807) is 23.1 Å². The average Bonchev–Trinajstić information content (AvgIpc) is 3.03. The minimum atomic E-state index is -0.998. The molecule has 1 aliphatic rings. The Morgan fingerprint density at radius 2 is 1.74 bits per heavy atom. The molecule has 2 atom stereocenters. The van der Waals surface area contributed by atoms with Crippen LogP contribution in [0.15, 0.2) is 83.8 Å². The fourth-order valence-electron chi connectivity index (χ4n) is 5.46.